The molecule has 6 unspecified atom stereocenters. The number of anilines is 1. The molecule has 0 radical (unpaired) electrons. The van der Waals surface area contributed by atoms with E-state index < -0.39 is 0 Å². The van der Waals surface area contributed by atoms with E-state index in [4.69, 9.17) is 0 Å². The lowest BCUT2D eigenvalue weighted by molar-refractivity contribution is 0.0671. The van der Waals surface area contributed by atoms with Crippen LogP contribution in [0.4, 0.5) is 10.1 Å². The van der Waals surface area contributed by atoms with Gasteiger partial charge in [0.25, 0.3) is 0 Å². The molecule has 3 aromatic rings. The second kappa shape index (κ2) is 6.21. The highest BCUT2D eigenvalue weighted by atomic mass is 19.1. The summed E-state index contributed by atoms with van der Waals surface area (Å²) in [7, 11) is 0. The second-order valence-corrected chi connectivity index (χ2v) is 9.04. The molecule has 3 aromatic heterocycles. The molecule has 2 bridgehead atoms. The van der Waals surface area contributed by atoms with Crippen LogP contribution in [0.25, 0.3) is 22.6 Å². The van der Waals surface area contributed by atoms with Gasteiger partial charge in [-0.05, 0) is 61.8 Å². The zero-order valence-electron chi connectivity index (χ0n) is 16.7. The van der Waals surface area contributed by atoms with E-state index in [2.05, 4.69) is 37.4 Å². The number of aryl methyl sites for hydroxylation is 1. The molecular formula is C22H25FN6. The minimum atomic E-state index is -0.302. The first kappa shape index (κ1) is 17.3. The Morgan fingerprint density at radius 1 is 1.14 bits per heavy atom. The molecule has 2 N–H and O–H groups in total. The Kier molecular flexibility index (Phi) is 3.71. The Morgan fingerprint density at radius 2 is 1.97 bits per heavy atom. The first-order valence-corrected chi connectivity index (χ1v) is 10.7. The molecule has 0 aliphatic heterocycles. The number of aromatic nitrogens is 5. The molecule has 4 fully saturated rings. The fourth-order valence-electron chi connectivity index (χ4n) is 6.29. The monoisotopic (exact) mass is 392 g/mol. The third-order valence-corrected chi connectivity index (χ3v) is 7.59. The van der Waals surface area contributed by atoms with E-state index in [1.54, 1.807) is 12.3 Å². The number of aromatic amines is 1. The number of hydrogen-bond donors (Lipinski definition) is 2. The van der Waals surface area contributed by atoms with Crippen LogP contribution in [0.2, 0.25) is 0 Å². The van der Waals surface area contributed by atoms with Gasteiger partial charge in [0.05, 0.1) is 29.5 Å². The predicted molar refractivity (Wildman–Crippen MR) is 109 cm³/mol. The van der Waals surface area contributed by atoms with Crippen LogP contribution in [0, 0.1) is 42.3 Å². The van der Waals surface area contributed by atoms with Gasteiger partial charge in [0.1, 0.15) is 11.2 Å². The van der Waals surface area contributed by atoms with Gasteiger partial charge < -0.3 is 5.32 Å². The van der Waals surface area contributed by atoms with Gasteiger partial charge in [0.15, 0.2) is 11.5 Å². The average molecular weight is 392 g/mol. The molecule has 0 saturated heterocycles. The Hall–Kier alpha value is -2.57. The molecule has 150 valence electrons. The number of fused-ring (bicyclic) bond motifs is 3. The van der Waals surface area contributed by atoms with Gasteiger partial charge in [0.2, 0.25) is 0 Å². The molecule has 3 heterocycles. The van der Waals surface area contributed by atoms with Crippen molar-refractivity contribution < 1.29 is 4.39 Å². The van der Waals surface area contributed by atoms with Crippen molar-refractivity contribution in [1.82, 2.24) is 25.1 Å². The van der Waals surface area contributed by atoms with Crippen LogP contribution < -0.4 is 5.32 Å². The standard InChI is InChI=1S/C22H25FN6/c1-3-11-12-4-5-13(15-6-14(12)15)19(11)27-17-7-18(24-9-16(17)23)20-21-22(29-28-20)25-8-10(2)26-21/h7-9,11-15,19H,3-6H2,1-2H3,(H,24,27)(H,25,28,29). The largest absolute Gasteiger partial charge is 0.379 e. The first-order chi connectivity index (χ1) is 14.1. The van der Waals surface area contributed by atoms with Crippen LogP contribution in [-0.4, -0.2) is 31.2 Å². The number of halogens is 1. The molecule has 0 aromatic carbocycles. The minimum Gasteiger partial charge on any atom is -0.379 e. The van der Waals surface area contributed by atoms with E-state index in [1.165, 1.54) is 25.5 Å². The van der Waals surface area contributed by atoms with E-state index in [9.17, 15) is 4.39 Å². The lowest BCUT2D eigenvalue weighted by atomic mass is 9.61. The second-order valence-electron chi connectivity index (χ2n) is 9.04. The van der Waals surface area contributed by atoms with E-state index >= 15 is 0 Å². The number of nitrogens with one attached hydrogen (secondary N) is 2. The van der Waals surface area contributed by atoms with Crippen molar-refractivity contribution in [3.05, 3.63) is 30.0 Å². The number of H-pyrrole nitrogens is 1. The van der Waals surface area contributed by atoms with Crippen LogP contribution in [0.3, 0.4) is 0 Å². The summed E-state index contributed by atoms with van der Waals surface area (Å²) >= 11 is 0. The summed E-state index contributed by atoms with van der Waals surface area (Å²) in [6.45, 7) is 4.17. The molecule has 7 heteroatoms. The predicted octanol–water partition coefficient (Wildman–Crippen LogP) is 4.35. The van der Waals surface area contributed by atoms with Crippen molar-refractivity contribution in [3.8, 4) is 11.4 Å². The van der Waals surface area contributed by atoms with E-state index in [1.807, 2.05) is 6.92 Å². The third-order valence-electron chi connectivity index (χ3n) is 7.59. The van der Waals surface area contributed by atoms with Gasteiger partial charge in [-0.25, -0.2) is 14.4 Å². The van der Waals surface area contributed by atoms with Crippen molar-refractivity contribution >= 4 is 16.9 Å². The van der Waals surface area contributed by atoms with Crippen molar-refractivity contribution in [2.75, 3.05) is 5.32 Å². The van der Waals surface area contributed by atoms with Crippen molar-refractivity contribution in [2.24, 2.45) is 29.6 Å². The Balaban J connectivity index is 1.36. The lowest BCUT2D eigenvalue weighted by Gasteiger charge is -2.49. The number of nitrogens with zero attached hydrogens (tertiary/aromatic N) is 4. The summed E-state index contributed by atoms with van der Waals surface area (Å²) in [4.78, 5) is 13.1. The van der Waals surface area contributed by atoms with E-state index in [0.29, 0.717) is 46.1 Å². The van der Waals surface area contributed by atoms with E-state index in [-0.39, 0.29) is 5.82 Å². The van der Waals surface area contributed by atoms with Crippen molar-refractivity contribution in [1.29, 1.82) is 0 Å². The van der Waals surface area contributed by atoms with Crippen molar-refractivity contribution in [3.63, 3.8) is 0 Å². The quantitative estimate of drug-likeness (QED) is 0.690. The fourth-order valence-corrected chi connectivity index (χ4v) is 6.29. The summed E-state index contributed by atoms with van der Waals surface area (Å²) in [5, 5.41) is 10.8. The van der Waals surface area contributed by atoms with Crippen LogP contribution in [0.5, 0.6) is 0 Å². The molecule has 4 aliphatic carbocycles. The molecule has 0 spiro atoms. The highest BCUT2D eigenvalue weighted by Crippen LogP contribution is 2.65. The van der Waals surface area contributed by atoms with Crippen LogP contribution in [0.15, 0.2) is 18.5 Å². The van der Waals surface area contributed by atoms with Gasteiger partial charge >= 0.3 is 0 Å². The maximum absolute atomic E-state index is 14.7. The Morgan fingerprint density at radius 3 is 2.83 bits per heavy atom. The smallest absolute Gasteiger partial charge is 0.200 e. The molecule has 4 saturated carbocycles. The van der Waals surface area contributed by atoms with Crippen LogP contribution in [-0.2, 0) is 0 Å². The summed E-state index contributed by atoms with van der Waals surface area (Å²) in [5.74, 6) is 3.61. The molecular weight excluding hydrogens is 367 g/mol. The van der Waals surface area contributed by atoms with E-state index in [0.717, 1.165) is 29.9 Å². The minimum absolute atomic E-state index is 0.302. The maximum atomic E-state index is 14.7. The Bertz CT molecular complexity index is 1090. The van der Waals surface area contributed by atoms with Gasteiger partial charge in [-0.15, -0.1) is 0 Å². The van der Waals surface area contributed by atoms with Gasteiger partial charge in [-0.3, -0.25) is 10.1 Å². The number of rotatable bonds is 4. The summed E-state index contributed by atoms with van der Waals surface area (Å²) in [5.41, 5.74) is 3.86. The summed E-state index contributed by atoms with van der Waals surface area (Å²) in [6.07, 6.45) is 8.15. The van der Waals surface area contributed by atoms with Crippen LogP contribution >= 0.6 is 0 Å². The SMILES string of the molecule is CCC1C2CCC(C3CC23)C1Nc1cc(-c2[nH]nc3ncc(C)nc23)ncc1F. The average Bonchev–Trinajstić information content (AvgIpc) is 3.45. The third kappa shape index (κ3) is 2.59. The topological polar surface area (TPSA) is 79.4 Å². The molecule has 29 heavy (non-hydrogen) atoms. The van der Waals surface area contributed by atoms with Gasteiger partial charge in [-0.2, -0.15) is 5.10 Å². The van der Waals surface area contributed by atoms with Gasteiger partial charge in [-0.1, -0.05) is 13.3 Å². The molecule has 4 aliphatic rings. The van der Waals surface area contributed by atoms with Crippen molar-refractivity contribution in [2.45, 2.75) is 45.6 Å². The molecule has 6 atom stereocenters. The maximum Gasteiger partial charge on any atom is 0.200 e. The molecule has 7 rings (SSSR count). The van der Waals surface area contributed by atoms with Gasteiger partial charge in [0, 0.05) is 6.04 Å². The lowest BCUT2D eigenvalue weighted by Crippen LogP contribution is -2.49. The summed E-state index contributed by atoms with van der Waals surface area (Å²) < 4.78 is 14.7. The summed E-state index contributed by atoms with van der Waals surface area (Å²) in [6, 6.07) is 2.15. The van der Waals surface area contributed by atoms with Crippen LogP contribution in [0.1, 0.15) is 38.3 Å². The first-order valence-electron chi connectivity index (χ1n) is 10.7. The Labute approximate surface area is 168 Å². The number of pyridine rings is 1. The molecule has 6 nitrogen and oxygen atoms in total. The normalized spacial score (nSPS) is 32.4. The number of hydrogen-bond acceptors (Lipinski definition) is 5. The zero-order valence-corrected chi connectivity index (χ0v) is 16.7. The fraction of sp³-hybridized carbons (Fsp3) is 0.545. The highest BCUT2D eigenvalue weighted by molar-refractivity contribution is 5.86. The molecule has 0 amide bonds. The highest BCUT2D eigenvalue weighted by Gasteiger charge is 2.60. The zero-order chi connectivity index (χ0) is 19.7.